The van der Waals surface area contributed by atoms with Crippen molar-refractivity contribution in [2.24, 2.45) is 22.2 Å². The second-order valence-electron chi connectivity index (χ2n) is 12.4. The fourth-order valence-electron chi connectivity index (χ4n) is 9.53. The molecule has 5 nitrogen and oxygen atoms in total. The molecule has 0 spiro atoms. The third-order valence-corrected chi connectivity index (χ3v) is 11.8. The molecule has 0 radical (unpaired) electrons. The number of aromatic nitrogens is 3. The minimum atomic E-state index is -0.221. The first-order valence-corrected chi connectivity index (χ1v) is 12.7. The van der Waals surface area contributed by atoms with Crippen molar-refractivity contribution in [2.45, 2.75) is 76.4 Å². The van der Waals surface area contributed by atoms with Crippen LogP contribution in [0.2, 0.25) is 0 Å². The van der Waals surface area contributed by atoms with Crippen molar-refractivity contribution < 1.29 is 0 Å². The molecule has 0 N–H and O–H groups in total. The topological polar surface area (TPSA) is 48.9 Å². The van der Waals surface area contributed by atoms with Crippen LogP contribution in [0.5, 0.6) is 0 Å². The molecule has 3 heterocycles. The molecule has 2 saturated carbocycles. The third kappa shape index (κ3) is 1.63. The molecule has 5 aliphatic carbocycles. The fraction of sp³-hybridized carbons (Fsp3) is 0.571. The molecule has 0 saturated heterocycles. The van der Waals surface area contributed by atoms with Gasteiger partial charge in [-0.3, -0.25) is 0 Å². The Bertz CT molecular complexity index is 1440. The minimum absolute atomic E-state index is 0.00817. The Morgan fingerprint density at radius 1 is 0.909 bits per heavy atom. The van der Waals surface area contributed by atoms with Gasteiger partial charge in [-0.15, -0.1) is 0 Å². The van der Waals surface area contributed by atoms with E-state index in [0.717, 1.165) is 25.7 Å². The molecule has 5 heteroatoms. The quantitative estimate of drug-likeness (QED) is 0.620. The first kappa shape index (κ1) is 18.8. The highest BCUT2D eigenvalue weighted by Crippen LogP contribution is 2.72. The summed E-state index contributed by atoms with van der Waals surface area (Å²) in [6, 6.07) is 8.50. The SMILES string of the molecule is CC1(C)[C@H]2CC[C@@]1(C)[C@H](n1c(=O)n3n(c1=O)[C@@H]1C=C[C@@H]3[C@@]34C=C[C@@]13CCc1ccccc14)C2. The van der Waals surface area contributed by atoms with Crippen LogP contribution in [0.4, 0.5) is 0 Å². The van der Waals surface area contributed by atoms with E-state index < -0.39 is 0 Å². The monoisotopic (exact) mass is 441 g/mol. The van der Waals surface area contributed by atoms with Crippen LogP contribution in [0.1, 0.15) is 75.7 Å². The molecular formula is C28H31N3O2. The van der Waals surface area contributed by atoms with Gasteiger partial charge in [-0.05, 0) is 60.0 Å². The number of allylic oxidation sites excluding steroid dienone is 4. The molecule has 2 aliphatic heterocycles. The van der Waals surface area contributed by atoms with Crippen LogP contribution in [0.3, 0.4) is 0 Å². The van der Waals surface area contributed by atoms with Crippen LogP contribution in [0.15, 0.2) is 58.2 Å². The lowest BCUT2D eigenvalue weighted by atomic mass is 9.40. The Kier molecular flexibility index (Phi) is 2.99. The number of hydrogen-bond donors (Lipinski definition) is 0. The zero-order chi connectivity index (χ0) is 22.5. The minimum Gasteiger partial charge on any atom is -0.246 e. The van der Waals surface area contributed by atoms with Crippen LogP contribution < -0.4 is 11.4 Å². The molecule has 7 atom stereocenters. The molecule has 0 unspecified atom stereocenters. The van der Waals surface area contributed by atoms with Gasteiger partial charge in [-0.1, -0.05) is 69.3 Å². The average Bonchev–Trinajstić information content (AvgIpc) is 3.26. The zero-order valence-electron chi connectivity index (χ0n) is 19.6. The van der Waals surface area contributed by atoms with Gasteiger partial charge >= 0.3 is 11.4 Å². The van der Waals surface area contributed by atoms with E-state index in [0.29, 0.717) is 5.92 Å². The van der Waals surface area contributed by atoms with Crippen LogP contribution in [-0.2, 0) is 11.8 Å². The van der Waals surface area contributed by atoms with Gasteiger partial charge in [0, 0.05) is 11.5 Å². The van der Waals surface area contributed by atoms with Crippen LogP contribution >= 0.6 is 0 Å². The lowest BCUT2D eigenvalue weighted by molar-refractivity contribution is -0.00716. The maximum Gasteiger partial charge on any atom is 0.348 e. The summed E-state index contributed by atoms with van der Waals surface area (Å²) in [5.74, 6) is 0.583. The number of benzene rings is 1. The zero-order valence-corrected chi connectivity index (χ0v) is 19.6. The molecule has 0 amide bonds. The Balaban J connectivity index is 1.38. The molecule has 2 fully saturated rings. The predicted octanol–water partition coefficient (Wildman–Crippen LogP) is 4.30. The van der Waals surface area contributed by atoms with Crippen molar-refractivity contribution in [1.82, 2.24) is 13.9 Å². The van der Waals surface area contributed by atoms with Crippen LogP contribution in [-0.4, -0.2) is 13.9 Å². The molecule has 1 aromatic heterocycles. The van der Waals surface area contributed by atoms with Gasteiger partial charge in [0.05, 0.1) is 17.5 Å². The molecule has 1 aromatic carbocycles. The molecule has 170 valence electrons. The van der Waals surface area contributed by atoms with E-state index >= 15 is 0 Å². The number of fused-ring (bicyclic) bond motifs is 3. The van der Waals surface area contributed by atoms with Gasteiger partial charge < -0.3 is 0 Å². The lowest BCUT2D eigenvalue weighted by Gasteiger charge is -2.67. The third-order valence-electron chi connectivity index (χ3n) is 11.8. The summed E-state index contributed by atoms with van der Waals surface area (Å²) >= 11 is 0. The normalized spacial score (nSPS) is 44.2. The van der Waals surface area contributed by atoms with Gasteiger partial charge in [-0.2, -0.15) is 0 Å². The van der Waals surface area contributed by atoms with Crippen molar-refractivity contribution in [3.05, 3.63) is 80.7 Å². The van der Waals surface area contributed by atoms with Crippen molar-refractivity contribution in [1.29, 1.82) is 0 Å². The van der Waals surface area contributed by atoms with Crippen LogP contribution in [0.25, 0.3) is 0 Å². The summed E-state index contributed by atoms with van der Waals surface area (Å²) < 4.78 is 5.38. The van der Waals surface area contributed by atoms with E-state index in [1.54, 1.807) is 4.57 Å². The van der Waals surface area contributed by atoms with Gasteiger partial charge in [0.15, 0.2) is 0 Å². The number of aryl methyl sites for hydroxylation is 1. The summed E-state index contributed by atoms with van der Waals surface area (Å²) in [5.41, 5.74) is 2.36. The first-order chi connectivity index (χ1) is 15.8. The predicted molar refractivity (Wildman–Crippen MR) is 126 cm³/mol. The number of rotatable bonds is 1. The van der Waals surface area contributed by atoms with Crippen molar-refractivity contribution in [3.8, 4) is 0 Å². The van der Waals surface area contributed by atoms with E-state index in [-0.39, 0.29) is 51.2 Å². The van der Waals surface area contributed by atoms with E-state index in [9.17, 15) is 9.59 Å². The first-order valence-electron chi connectivity index (χ1n) is 12.7. The maximum atomic E-state index is 14.1. The Morgan fingerprint density at radius 2 is 1.64 bits per heavy atom. The highest BCUT2D eigenvalue weighted by molar-refractivity contribution is 5.57. The van der Waals surface area contributed by atoms with Crippen molar-refractivity contribution in [2.75, 3.05) is 0 Å². The molecule has 33 heavy (non-hydrogen) atoms. The summed E-state index contributed by atoms with van der Waals surface area (Å²) in [7, 11) is 0. The Morgan fingerprint density at radius 3 is 2.30 bits per heavy atom. The largest absolute Gasteiger partial charge is 0.348 e. The van der Waals surface area contributed by atoms with Gasteiger partial charge in [-0.25, -0.2) is 23.5 Å². The van der Waals surface area contributed by atoms with Gasteiger partial charge in [0.2, 0.25) is 0 Å². The van der Waals surface area contributed by atoms with E-state index in [2.05, 4.69) is 69.3 Å². The molecular weight excluding hydrogens is 410 g/mol. The second kappa shape index (κ2) is 5.24. The maximum absolute atomic E-state index is 14.1. The molecule has 2 aromatic rings. The molecule has 7 aliphatic rings. The second-order valence-corrected chi connectivity index (χ2v) is 12.4. The lowest BCUT2D eigenvalue weighted by Crippen LogP contribution is -2.67. The van der Waals surface area contributed by atoms with Crippen LogP contribution in [0, 0.1) is 22.2 Å². The number of nitrogens with zero attached hydrogens (tertiary/aromatic N) is 3. The summed E-state index contributed by atoms with van der Waals surface area (Å²) in [5, 5.41) is 0. The van der Waals surface area contributed by atoms with E-state index in [1.807, 2.05) is 9.36 Å². The summed E-state index contributed by atoms with van der Waals surface area (Å²) in [4.78, 5) is 28.2. The van der Waals surface area contributed by atoms with Gasteiger partial charge in [0.1, 0.15) is 0 Å². The standard InChI is InChI=1S/C28H31N3O2/c1-25(2)18-11-12-26(25,3)22(16-18)29-23(32)30-20-8-9-21(31(30)24(29)33)28-15-14-27(20,28)13-10-17-6-4-5-7-19(17)28/h4-9,14-15,18,20-22H,10-13,16H2,1-3H3/t18-,20+,21+,22+,26-,27-,28-/m0/s1. The van der Waals surface area contributed by atoms with E-state index in [4.69, 9.17) is 0 Å². The Labute approximate surface area is 193 Å². The molecule has 4 bridgehead atoms. The van der Waals surface area contributed by atoms with E-state index in [1.165, 1.54) is 17.5 Å². The summed E-state index contributed by atoms with van der Waals surface area (Å²) in [6.45, 7) is 7.02. The van der Waals surface area contributed by atoms with Crippen molar-refractivity contribution in [3.63, 3.8) is 0 Å². The Hall–Kier alpha value is -2.56. The van der Waals surface area contributed by atoms with Crippen molar-refractivity contribution >= 4 is 0 Å². The molecule has 9 rings (SSSR count). The highest BCUT2D eigenvalue weighted by atomic mass is 16.2. The average molecular weight is 442 g/mol. The smallest absolute Gasteiger partial charge is 0.246 e. The van der Waals surface area contributed by atoms with Gasteiger partial charge in [0.25, 0.3) is 0 Å². The highest BCUT2D eigenvalue weighted by Gasteiger charge is 2.70. The number of hydrogen-bond acceptors (Lipinski definition) is 2. The fourth-order valence-corrected chi connectivity index (χ4v) is 9.53. The summed E-state index contributed by atoms with van der Waals surface area (Å²) in [6.07, 6.45) is 14.4.